The summed E-state index contributed by atoms with van der Waals surface area (Å²) in [6.07, 6.45) is 0. The average Bonchev–Trinajstić information content (AvgIpc) is 3.22. The van der Waals surface area contributed by atoms with Crippen LogP contribution in [-0.2, 0) is 4.79 Å². The van der Waals surface area contributed by atoms with Crippen molar-refractivity contribution >= 4 is 34.7 Å². The molecule has 1 aliphatic rings. The van der Waals surface area contributed by atoms with Crippen LogP contribution in [0.1, 0.15) is 29.9 Å². The van der Waals surface area contributed by atoms with Crippen LogP contribution in [0.25, 0.3) is 0 Å². The number of carbonyl (C=O) groups is 1. The van der Waals surface area contributed by atoms with E-state index in [9.17, 15) is 4.79 Å². The molecule has 0 saturated carbocycles. The number of nitrogens with one attached hydrogen (secondary N) is 2. The van der Waals surface area contributed by atoms with Crippen molar-refractivity contribution in [2.45, 2.75) is 26.8 Å². The zero-order chi connectivity index (χ0) is 24.4. The molecule has 176 valence electrons. The third-order valence-corrected chi connectivity index (χ3v) is 5.91. The molecule has 2 N–H and O–H groups in total. The maximum atomic E-state index is 13.6. The van der Waals surface area contributed by atoms with Gasteiger partial charge in [0.2, 0.25) is 0 Å². The molecule has 1 aliphatic heterocycles. The van der Waals surface area contributed by atoms with Gasteiger partial charge in [0.25, 0.3) is 5.91 Å². The monoisotopic (exact) mass is 478 g/mol. The molecule has 0 bridgehead atoms. The summed E-state index contributed by atoms with van der Waals surface area (Å²) in [6.45, 7) is 5.65. The number of hydrogen-bond donors (Lipinski definition) is 2. The number of ether oxygens (including phenoxy) is 2. The van der Waals surface area contributed by atoms with Gasteiger partial charge < -0.3 is 24.6 Å². The highest BCUT2D eigenvalue weighted by Crippen LogP contribution is 2.39. The number of benzene rings is 2. The highest BCUT2D eigenvalue weighted by Gasteiger charge is 2.36. The lowest BCUT2D eigenvalue weighted by molar-refractivity contribution is -0.113. The Hall–Kier alpha value is -3.85. The standard InChI is InChI=1S/C25H26N4O4S/c1-14-7-6-8-17(11-14)29-16(3)22(24(30)26-21-12-15(2)33-28-21)23(27-25(29)34)19-10-9-18(31-4)13-20(19)32-5/h6-13,23H,1-5H3,(H,27,34)(H,26,28,30)/t23-/m1/s1. The molecule has 0 unspecified atom stereocenters. The molecular formula is C25H26N4O4S. The number of aryl methyl sites for hydroxylation is 2. The summed E-state index contributed by atoms with van der Waals surface area (Å²) < 4.78 is 16.1. The van der Waals surface area contributed by atoms with Crippen LogP contribution in [0, 0.1) is 13.8 Å². The van der Waals surface area contributed by atoms with E-state index >= 15 is 0 Å². The quantitative estimate of drug-likeness (QED) is 0.495. The van der Waals surface area contributed by atoms with E-state index in [0.717, 1.165) is 16.8 Å². The number of anilines is 2. The van der Waals surface area contributed by atoms with Gasteiger partial charge in [0.05, 0.1) is 25.8 Å². The van der Waals surface area contributed by atoms with Gasteiger partial charge in [0.15, 0.2) is 10.9 Å². The fourth-order valence-electron chi connectivity index (χ4n) is 4.01. The van der Waals surface area contributed by atoms with Crippen molar-refractivity contribution in [3.8, 4) is 11.5 Å². The first kappa shape index (κ1) is 23.3. The lowest BCUT2D eigenvalue weighted by Gasteiger charge is -2.38. The molecule has 9 heteroatoms. The normalized spacial score (nSPS) is 15.7. The molecule has 2 aromatic carbocycles. The number of aromatic nitrogens is 1. The van der Waals surface area contributed by atoms with E-state index in [1.807, 2.05) is 55.1 Å². The molecule has 0 aliphatic carbocycles. The molecular weight excluding hydrogens is 452 g/mol. The number of rotatable bonds is 6. The van der Waals surface area contributed by atoms with Gasteiger partial charge >= 0.3 is 0 Å². The van der Waals surface area contributed by atoms with Gasteiger partial charge in [-0.3, -0.25) is 9.69 Å². The Morgan fingerprint density at radius 3 is 2.56 bits per heavy atom. The van der Waals surface area contributed by atoms with Crippen molar-refractivity contribution in [2.24, 2.45) is 0 Å². The van der Waals surface area contributed by atoms with E-state index in [0.29, 0.717) is 39.5 Å². The van der Waals surface area contributed by atoms with Crippen LogP contribution in [0.15, 0.2) is 64.3 Å². The van der Waals surface area contributed by atoms with Crippen LogP contribution in [0.4, 0.5) is 11.5 Å². The predicted octanol–water partition coefficient (Wildman–Crippen LogP) is 4.66. The Morgan fingerprint density at radius 1 is 1.12 bits per heavy atom. The van der Waals surface area contributed by atoms with Gasteiger partial charge in [0, 0.05) is 29.1 Å². The van der Waals surface area contributed by atoms with E-state index < -0.39 is 6.04 Å². The second kappa shape index (κ2) is 9.56. The number of hydrogen-bond acceptors (Lipinski definition) is 6. The molecule has 0 radical (unpaired) electrons. The van der Waals surface area contributed by atoms with Gasteiger partial charge in [-0.15, -0.1) is 0 Å². The molecule has 0 fully saturated rings. The van der Waals surface area contributed by atoms with Crippen molar-refractivity contribution in [3.63, 3.8) is 0 Å². The first-order chi connectivity index (χ1) is 16.3. The molecule has 3 aromatic rings. The van der Waals surface area contributed by atoms with Crippen LogP contribution < -0.4 is 25.0 Å². The van der Waals surface area contributed by atoms with Gasteiger partial charge in [0.1, 0.15) is 17.3 Å². The number of thiocarbonyl (C=S) groups is 1. The van der Waals surface area contributed by atoms with E-state index in [4.69, 9.17) is 26.2 Å². The first-order valence-corrected chi connectivity index (χ1v) is 11.1. The number of nitrogens with zero attached hydrogens (tertiary/aromatic N) is 2. The fourth-order valence-corrected chi connectivity index (χ4v) is 4.37. The van der Waals surface area contributed by atoms with Crippen molar-refractivity contribution in [1.29, 1.82) is 0 Å². The van der Waals surface area contributed by atoms with Crippen molar-refractivity contribution in [3.05, 3.63) is 76.7 Å². The summed E-state index contributed by atoms with van der Waals surface area (Å²) in [5.74, 6) is 1.81. The Kier molecular flexibility index (Phi) is 6.56. The minimum Gasteiger partial charge on any atom is -0.497 e. The Balaban J connectivity index is 1.85. The summed E-state index contributed by atoms with van der Waals surface area (Å²) in [4.78, 5) is 15.5. The smallest absolute Gasteiger partial charge is 0.257 e. The summed E-state index contributed by atoms with van der Waals surface area (Å²) in [6, 6.07) is 14.5. The lowest BCUT2D eigenvalue weighted by Crippen LogP contribution is -2.48. The molecule has 4 rings (SSSR count). The minimum absolute atomic E-state index is 0.332. The van der Waals surface area contributed by atoms with E-state index in [1.54, 1.807) is 33.3 Å². The Labute approximate surface area is 203 Å². The van der Waals surface area contributed by atoms with Crippen LogP contribution in [0.3, 0.4) is 0 Å². The fraction of sp³-hybridized carbons (Fsp3) is 0.240. The second-order valence-electron chi connectivity index (χ2n) is 7.94. The molecule has 34 heavy (non-hydrogen) atoms. The van der Waals surface area contributed by atoms with Crippen LogP contribution in [0.2, 0.25) is 0 Å². The summed E-state index contributed by atoms with van der Waals surface area (Å²) in [5.41, 5.74) is 3.85. The van der Waals surface area contributed by atoms with E-state index in [2.05, 4.69) is 15.8 Å². The zero-order valence-corrected chi connectivity index (χ0v) is 20.4. The molecule has 1 amide bonds. The number of carbonyl (C=O) groups excluding carboxylic acids is 1. The third kappa shape index (κ3) is 4.47. The number of allylic oxidation sites excluding steroid dienone is 1. The van der Waals surface area contributed by atoms with E-state index in [1.165, 1.54) is 0 Å². The maximum Gasteiger partial charge on any atom is 0.257 e. The van der Waals surface area contributed by atoms with Gasteiger partial charge in [-0.05, 0) is 62.8 Å². The predicted molar refractivity (Wildman–Crippen MR) is 134 cm³/mol. The Bertz CT molecular complexity index is 1280. The van der Waals surface area contributed by atoms with Crippen molar-refractivity contribution < 1.29 is 18.8 Å². The topological polar surface area (TPSA) is 88.9 Å². The molecule has 1 aromatic heterocycles. The first-order valence-electron chi connectivity index (χ1n) is 10.7. The minimum atomic E-state index is -0.567. The SMILES string of the molecule is COc1ccc([C@H]2NC(=S)N(c3cccc(C)c3)C(C)=C2C(=O)Nc2cc(C)on2)c(OC)c1. The van der Waals surface area contributed by atoms with Crippen molar-refractivity contribution in [1.82, 2.24) is 10.5 Å². The highest BCUT2D eigenvalue weighted by atomic mass is 32.1. The zero-order valence-electron chi connectivity index (χ0n) is 19.6. The Morgan fingerprint density at radius 2 is 1.91 bits per heavy atom. The molecule has 0 spiro atoms. The molecule has 1 atom stereocenters. The maximum absolute atomic E-state index is 13.6. The largest absolute Gasteiger partial charge is 0.497 e. The summed E-state index contributed by atoms with van der Waals surface area (Å²) in [7, 11) is 3.16. The second-order valence-corrected chi connectivity index (χ2v) is 8.33. The lowest BCUT2D eigenvalue weighted by atomic mass is 9.93. The third-order valence-electron chi connectivity index (χ3n) is 5.61. The molecule has 8 nitrogen and oxygen atoms in total. The molecule has 0 saturated heterocycles. The van der Waals surface area contributed by atoms with Gasteiger partial charge in [-0.1, -0.05) is 17.3 Å². The van der Waals surface area contributed by atoms with Gasteiger partial charge in [-0.2, -0.15) is 0 Å². The number of amides is 1. The van der Waals surface area contributed by atoms with Crippen LogP contribution in [0.5, 0.6) is 11.5 Å². The van der Waals surface area contributed by atoms with Crippen LogP contribution in [-0.4, -0.2) is 30.4 Å². The average molecular weight is 479 g/mol. The van der Waals surface area contributed by atoms with Crippen LogP contribution >= 0.6 is 12.2 Å². The van der Waals surface area contributed by atoms with Crippen molar-refractivity contribution in [2.75, 3.05) is 24.4 Å². The van der Waals surface area contributed by atoms with Gasteiger partial charge in [-0.25, -0.2) is 0 Å². The van der Waals surface area contributed by atoms with E-state index in [-0.39, 0.29) is 5.91 Å². The number of methoxy groups -OCH3 is 2. The summed E-state index contributed by atoms with van der Waals surface area (Å²) in [5, 5.41) is 10.6. The molecule has 2 heterocycles. The summed E-state index contributed by atoms with van der Waals surface area (Å²) >= 11 is 5.76. The highest BCUT2D eigenvalue weighted by molar-refractivity contribution is 7.80.